The standard InChI is InChI=1S/C17H24N2O3/c1-10(2)13(9-20)19-15-12-7-11(8-18)5-6-14(12)22-17(3,4)16(15)21/h5-7,10,13,15-16,19-21H,9H2,1-4H3/t13-,15+,16-/m1/s1. The summed E-state index contributed by atoms with van der Waals surface area (Å²) in [6.07, 6.45) is -0.790. The van der Waals surface area contributed by atoms with Crippen LogP contribution in [0.5, 0.6) is 5.75 Å². The topological polar surface area (TPSA) is 85.5 Å². The predicted molar refractivity (Wildman–Crippen MR) is 83.5 cm³/mol. The van der Waals surface area contributed by atoms with E-state index >= 15 is 0 Å². The Labute approximate surface area is 131 Å². The summed E-state index contributed by atoms with van der Waals surface area (Å²) < 4.78 is 5.88. The fourth-order valence-electron chi connectivity index (χ4n) is 2.74. The first-order valence-electron chi connectivity index (χ1n) is 7.58. The van der Waals surface area contributed by atoms with Crippen molar-refractivity contribution in [2.24, 2.45) is 5.92 Å². The van der Waals surface area contributed by atoms with E-state index in [9.17, 15) is 10.2 Å². The van der Waals surface area contributed by atoms with Gasteiger partial charge in [0.15, 0.2) is 0 Å². The number of fused-ring (bicyclic) bond motifs is 1. The number of hydrogen-bond donors (Lipinski definition) is 3. The Bertz CT molecular complexity index is 578. The SMILES string of the molecule is CC(C)[C@@H](CO)N[C@H]1c2cc(C#N)ccc2OC(C)(C)[C@@H]1O. The Balaban J connectivity index is 2.44. The largest absolute Gasteiger partial charge is 0.485 e. The molecule has 0 radical (unpaired) electrons. The van der Waals surface area contributed by atoms with E-state index in [0.29, 0.717) is 11.3 Å². The van der Waals surface area contributed by atoms with Gasteiger partial charge in [-0.2, -0.15) is 5.26 Å². The second-order valence-corrected chi connectivity index (χ2v) is 6.69. The third-order valence-electron chi connectivity index (χ3n) is 4.27. The third-order valence-corrected chi connectivity index (χ3v) is 4.27. The van der Waals surface area contributed by atoms with E-state index in [2.05, 4.69) is 11.4 Å². The van der Waals surface area contributed by atoms with Gasteiger partial charge in [0.05, 0.1) is 24.3 Å². The normalized spacial score (nSPS) is 24.3. The molecule has 1 heterocycles. The van der Waals surface area contributed by atoms with Gasteiger partial charge in [-0.3, -0.25) is 0 Å². The molecule has 5 heteroatoms. The highest BCUT2D eigenvalue weighted by Gasteiger charge is 2.43. The van der Waals surface area contributed by atoms with Crippen molar-refractivity contribution in [3.63, 3.8) is 0 Å². The molecule has 0 aliphatic carbocycles. The van der Waals surface area contributed by atoms with Crippen LogP contribution in [-0.2, 0) is 0 Å². The highest BCUT2D eigenvalue weighted by atomic mass is 16.5. The average Bonchev–Trinajstić information content (AvgIpc) is 2.47. The van der Waals surface area contributed by atoms with E-state index in [4.69, 9.17) is 10.00 Å². The second kappa shape index (κ2) is 6.25. The van der Waals surface area contributed by atoms with Gasteiger partial charge in [-0.15, -0.1) is 0 Å². The molecule has 0 spiro atoms. The van der Waals surface area contributed by atoms with E-state index in [1.165, 1.54) is 0 Å². The number of aliphatic hydroxyl groups is 2. The number of rotatable bonds is 4. The van der Waals surface area contributed by atoms with E-state index in [1.54, 1.807) is 18.2 Å². The maximum Gasteiger partial charge on any atom is 0.131 e. The Hall–Kier alpha value is -1.61. The van der Waals surface area contributed by atoms with Crippen LogP contribution in [0.4, 0.5) is 0 Å². The van der Waals surface area contributed by atoms with E-state index in [-0.39, 0.29) is 18.6 Å². The summed E-state index contributed by atoms with van der Waals surface area (Å²) in [4.78, 5) is 0. The van der Waals surface area contributed by atoms with Crippen molar-refractivity contribution >= 4 is 0 Å². The average molecular weight is 304 g/mol. The van der Waals surface area contributed by atoms with Crippen LogP contribution in [0.2, 0.25) is 0 Å². The smallest absolute Gasteiger partial charge is 0.131 e. The number of nitriles is 1. The van der Waals surface area contributed by atoms with Gasteiger partial charge in [0.1, 0.15) is 17.5 Å². The summed E-state index contributed by atoms with van der Waals surface area (Å²) in [5, 5.41) is 32.7. The lowest BCUT2D eigenvalue weighted by molar-refractivity contribution is -0.0686. The van der Waals surface area contributed by atoms with E-state index in [1.807, 2.05) is 27.7 Å². The van der Waals surface area contributed by atoms with Crippen LogP contribution >= 0.6 is 0 Å². The van der Waals surface area contributed by atoms with Crippen LogP contribution in [0.15, 0.2) is 18.2 Å². The summed E-state index contributed by atoms with van der Waals surface area (Å²) >= 11 is 0. The molecule has 0 saturated heterocycles. The third kappa shape index (κ3) is 3.09. The van der Waals surface area contributed by atoms with Crippen molar-refractivity contribution in [3.8, 4) is 11.8 Å². The molecule has 0 saturated carbocycles. The predicted octanol–water partition coefficient (Wildman–Crippen LogP) is 1.74. The number of hydrogen-bond acceptors (Lipinski definition) is 5. The lowest BCUT2D eigenvalue weighted by Gasteiger charge is -2.44. The summed E-state index contributed by atoms with van der Waals surface area (Å²) in [6.45, 7) is 7.66. The van der Waals surface area contributed by atoms with Crippen LogP contribution in [0.1, 0.15) is 44.9 Å². The fraction of sp³-hybridized carbons (Fsp3) is 0.588. The van der Waals surface area contributed by atoms with Gasteiger partial charge in [-0.05, 0) is 38.0 Å². The summed E-state index contributed by atoms with van der Waals surface area (Å²) in [7, 11) is 0. The second-order valence-electron chi connectivity index (χ2n) is 6.69. The molecule has 3 atom stereocenters. The Morgan fingerprint density at radius 3 is 2.64 bits per heavy atom. The Morgan fingerprint density at radius 2 is 2.09 bits per heavy atom. The van der Waals surface area contributed by atoms with Crippen molar-refractivity contribution in [1.29, 1.82) is 5.26 Å². The molecule has 1 aliphatic rings. The molecule has 1 aromatic carbocycles. The Morgan fingerprint density at radius 1 is 1.41 bits per heavy atom. The van der Waals surface area contributed by atoms with Gasteiger partial charge in [0.25, 0.3) is 0 Å². The van der Waals surface area contributed by atoms with Crippen LogP contribution in [0.25, 0.3) is 0 Å². The van der Waals surface area contributed by atoms with E-state index < -0.39 is 17.7 Å². The van der Waals surface area contributed by atoms with Crippen LogP contribution in [0, 0.1) is 17.2 Å². The molecule has 3 N–H and O–H groups in total. The quantitative estimate of drug-likeness (QED) is 0.789. The molecule has 0 amide bonds. The first kappa shape index (κ1) is 16.8. The molecule has 2 rings (SSSR count). The number of nitrogens with zero attached hydrogens (tertiary/aromatic N) is 1. The first-order chi connectivity index (χ1) is 10.3. The van der Waals surface area contributed by atoms with Gasteiger partial charge < -0.3 is 20.3 Å². The van der Waals surface area contributed by atoms with Crippen LogP contribution in [-0.4, -0.2) is 34.6 Å². The Kier molecular flexibility index (Phi) is 4.76. The van der Waals surface area contributed by atoms with Gasteiger partial charge in [0.2, 0.25) is 0 Å². The maximum atomic E-state index is 10.7. The zero-order valence-corrected chi connectivity index (χ0v) is 13.5. The monoisotopic (exact) mass is 304 g/mol. The van der Waals surface area contributed by atoms with E-state index in [0.717, 1.165) is 5.56 Å². The van der Waals surface area contributed by atoms with Gasteiger partial charge in [-0.1, -0.05) is 13.8 Å². The lowest BCUT2D eigenvalue weighted by Crippen LogP contribution is -2.55. The highest BCUT2D eigenvalue weighted by molar-refractivity contribution is 5.46. The summed E-state index contributed by atoms with van der Waals surface area (Å²) in [5.41, 5.74) is 0.520. The molecule has 0 aromatic heterocycles. The minimum atomic E-state index is -0.790. The van der Waals surface area contributed by atoms with Crippen LogP contribution < -0.4 is 10.1 Å². The van der Waals surface area contributed by atoms with Crippen molar-refractivity contribution in [2.75, 3.05) is 6.61 Å². The summed E-state index contributed by atoms with van der Waals surface area (Å²) in [6, 6.07) is 6.77. The highest BCUT2D eigenvalue weighted by Crippen LogP contribution is 2.40. The molecule has 0 unspecified atom stereocenters. The zero-order valence-electron chi connectivity index (χ0n) is 13.5. The number of benzene rings is 1. The molecular formula is C17H24N2O3. The lowest BCUT2D eigenvalue weighted by atomic mass is 9.85. The number of nitrogens with one attached hydrogen (secondary N) is 1. The molecular weight excluding hydrogens is 280 g/mol. The molecule has 22 heavy (non-hydrogen) atoms. The summed E-state index contributed by atoms with van der Waals surface area (Å²) in [5.74, 6) is 0.873. The van der Waals surface area contributed by atoms with Crippen molar-refractivity contribution in [1.82, 2.24) is 5.32 Å². The van der Waals surface area contributed by atoms with Gasteiger partial charge in [-0.25, -0.2) is 0 Å². The molecule has 120 valence electrons. The first-order valence-corrected chi connectivity index (χ1v) is 7.58. The molecule has 1 aliphatic heterocycles. The minimum Gasteiger partial charge on any atom is -0.485 e. The molecule has 1 aromatic rings. The molecule has 5 nitrogen and oxygen atoms in total. The molecule has 0 fully saturated rings. The van der Waals surface area contributed by atoms with Crippen molar-refractivity contribution < 1.29 is 14.9 Å². The zero-order chi connectivity index (χ0) is 16.5. The number of ether oxygens (including phenoxy) is 1. The van der Waals surface area contributed by atoms with Crippen LogP contribution in [0.3, 0.4) is 0 Å². The maximum absolute atomic E-state index is 10.7. The minimum absolute atomic E-state index is 0.0184. The van der Waals surface area contributed by atoms with Crippen molar-refractivity contribution in [2.45, 2.75) is 51.5 Å². The van der Waals surface area contributed by atoms with Crippen molar-refractivity contribution in [3.05, 3.63) is 29.3 Å². The van der Waals surface area contributed by atoms with Gasteiger partial charge >= 0.3 is 0 Å². The molecule has 0 bridgehead atoms. The van der Waals surface area contributed by atoms with Gasteiger partial charge in [0, 0.05) is 11.6 Å². The fourth-order valence-corrected chi connectivity index (χ4v) is 2.74. The number of aliphatic hydroxyl groups excluding tert-OH is 2.